The molecule has 5 heteroatoms. The minimum atomic E-state index is -1.08. The summed E-state index contributed by atoms with van der Waals surface area (Å²) in [6, 6.07) is 8.58. The van der Waals surface area contributed by atoms with Crippen LogP contribution in [0.1, 0.15) is 38.2 Å². The lowest BCUT2D eigenvalue weighted by Crippen LogP contribution is -2.54. The normalized spacial score (nSPS) is 19.4. The number of nitrogens with one attached hydrogen (secondary N) is 1. The van der Waals surface area contributed by atoms with E-state index in [1.807, 2.05) is 30.3 Å². The fourth-order valence-electron chi connectivity index (χ4n) is 3.18. The monoisotopic (exact) mass is 305 g/mol. The highest BCUT2D eigenvalue weighted by Crippen LogP contribution is 2.41. The molecule has 0 spiro atoms. The maximum Gasteiger partial charge on any atom is 0.328 e. The zero-order chi connectivity index (χ0) is 16.2. The van der Waals surface area contributed by atoms with Crippen molar-refractivity contribution in [1.82, 2.24) is 5.32 Å². The van der Waals surface area contributed by atoms with Gasteiger partial charge in [-0.1, -0.05) is 43.2 Å². The Morgan fingerprint density at radius 1 is 1.23 bits per heavy atom. The molecule has 2 atom stereocenters. The molecule has 0 aliphatic heterocycles. The molecule has 1 saturated carbocycles. The van der Waals surface area contributed by atoms with Crippen LogP contribution in [0.2, 0.25) is 0 Å². The number of carbonyl (C=O) groups is 2. The summed E-state index contributed by atoms with van der Waals surface area (Å²) in [5, 5.41) is 12.0. The number of ether oxygens (including phenoxy) is 1. The Labute approximate surface area is 130 Å². The first-order valence-corrected chi connectivity index (χ1v) is 7.63. The number of carboxylic acid groups (broad SMARTS) is 1. The van der Waals surface area contributed by atoms with Crippen molar-refractivity contribution in [3.05, 3.63) is 35.9 Å². The molecule has 5 nitrogen and oxygen atoms in total. The summed E-state index contributed by atoms with van der Waals surface area (Å²) in [6.07, 6.45) is 2.85. The van der Waals surface area contributed by atoms with Crippen LogP contribution in [-0.4, -0.2) is 36.2 Å². The predicted molar refractivity (Wildman–Crippen MR) is 82.6 cm³/mol. The van der Waals surface area contributed by atoms with Gasteiger partial charge in [0.05, 0.1) is 11.5 Å². The van der Waals surface area contributed by atoms with E-state index in [0.717, 1.165) is 31.2 Å². The number of rotatable bonds is 6. The fourth-order valence-corrected chi connectivity index (χ4v) is 3.18. The van der Waals surface area contributed by atoms with E-state index in [2.05, 4.69) is 5.32 Å². The molecule has 0 saturated heterocycles. The highest BCUT2D eigenvalue weighted by molar-refractivity contribution is 5.92. The molecular formula is C17H23NO4. The second-order valence-electron chi connectivity index (χ2n) is 5.89. The molecule has 2 unspecified atom stereocenters. The largest absolute Gasteiger partial charge is 0.480 e. The van der Waals surface area contributed by atoms with Gasteiger partial charge < -0.3 is 15.2 Å². The molecule has 120 valence electrons. The first-order valence-electron chi connectivity index (χ1n) is 7.63. The Morgan fingerprint density at radius 2 is 1.82 bits per heavy atom. The summed E-state index contributed by atoms with van der Waals surface area (Å²) in [4.78, 5) is 24.3. The van der Waals surface area contributed by atoms with Gasteiger partial charge in [-0.25, -0.2) is 4.79 Å². The molecule has 1 aromatic carbocycles. The van der Waals surface area contributed by atoms with Crippen LogP contribution in [0.4, 0.5) is 0 Å². The average molecular weight is 305 g/mol. The van der Waals surface area contributed by atoms with Crippen molar-refractivity contribution >= 4 is 11.9 Å². The maximum absolute atomic E-state index is 12.9. The van der Waals surface area contributed by atoms with Gasteiger partial charge >= 0.3 is 5.97 Å². The first kappa shape index (κ1) is 16.5. The molecule has 1 aliphatic rings. The molecule has 0 radical (unpaired) electrons. The Balaban J connectivity index is 2.26. The molecule has 1 aromatic rings. The summed E-state index contributed by atoms with van der Waals surface area (Å²) in [5.74, 6) is -1.29. The van der Waals surface area contributed by atoms with E-state index in [9.17, 15) is 14.7 Å². The van der Waals surface area contributed by atoms with E-state index >= 15 is 0 Å². The predicted octanol–water partition coefficient (Wildman–Crippen LogP) is 2.10. The topological polar surface area (TPSA) is 75.6 Å². The highest BCUT2D eigenvalue weighted by Gasteiger charge is 2.44. The van der Waals surface area contributed by atoms with Gasteiger partial charge in [0.2, 0.25) is 5.91 Å². The second kappa shape index (κ2) is 6.92. The van der Waals surface area contributed by atoms with Crippen molar-refractivity contribution in [3.8, 4) is 0 Å². The summed E-state index contributed by atoms with van der Waals surface area (Å²) in [6.45, 7) is 1.64. The Kier molecular flexibility index (Phi) is 5.19. The highest BCUT2D eigenvalue weighted by atomic mass is 16.5. The van der Waals surface area contributed by atoms with Gasteiger partial charge in [-0.3, -0.25) is 4.79 Å². The van der Waals surface area contributed by atoms with E-state index in [-0.39, 0.29) is 5.91 Å². The number of aliphatic carboxylic acids is 1. The van der Waals surface area contributed by atoms with Crippen molar-refractivity contribution < 1.29 is 19.4 Å². The number of carboxylic acids is 1. The smallest absolute Gasteiger partial charge is 0.328 e. The third kappa shape index (κ3) is 3.14. The van der Waals surface area contributed by atoms with Crippen LogP contribution in [0.5, 0.6) is 0 Å². The van der Waals surface area contributed by atoms with Gasteiger partial charge in [0.15, 0.2) is 6.04 Å². The molecule has 0 aromatic heterocycles. The van der Waals surface area contributed by atoms with Gasteiger partial charge in [-0.2, -0.15) is 0 Å². The summed E-state index contributed by atoms with van der Waals surface area (Å²) in [7, 11) is 1.44. The van der Waals surface area contributed by atoms with E-state index in [1.165, 1.54) is 7.11 Å². The molecule has 22 heavy (non-hydrogen) atoms. The van der Waals surface area contributed by atoms with Crippen molar-refractivity contribution in [2.75, 3.05) is 7.11 Å². The Morgan fingerprint density at radius 3 is 2.32 bits per heavy atom. The molecule has 2 rings (SSSR count). The van der Waals surface area contributed by atoms with Crippen LogP contribution in [0.15, 0.2) is 30.3 Å². The van der Waals surface area contributed by atoms with Crippen LogP contribution < -0.4 is 5.32 Å². The van der Waals surface area contributed by atoms with Crippen LogP contribution in [0, 0.1) is 0 Å². The minimum absolute atomic E-state index is 0.215. The third-order valence-electron chi connectivity index (χ3n) is 4.61. The summed E-state index contributed by atoms with van der Waals surface area (Å²) < 4.78 is 5.08. The molecule has 0 bridgehead atoms. The van der Waals surface area contributed by atoms with E-state index in [4.69, 9.17) is 4.74 Å². The average Bonchev–Trinajstić information content (AvgIpc) is 3.03. The molecule has 1 fully saturated rings. The second-order valence-corrected chi connectivity index (χ2v) is 5.89. The van der Waals surface area contributed by atoms with Gasteiger partial charge in [0.25, 0.3) is 0 Å². The number of hydrogen-bond donors (Lipinski definition) is 2. The number of benzene rings is 1. The molecular weight excluding hydrogens is 282 g/mol. The van der Waals surface area contributed by atoms with Crippen molar-refractivity contribution in [3.63, 3.8) is 0 Å². The number of methoxy groups -OCH3 is 1. The molecule has 2 N–H and O–H groups in total. The van der Waals surface area contributed by atoms with Crippen molar-refractivity contribution in [2.45, 2.75) is 50.2 Å². The zero-order valence-corrected chi connectivity index (χ0v) is 13.0. The number of carbonyl (C=O) groups excluding carboxylic acids is 1. The summed E-state index contributed by atoms with van der Waals surface area (Å²) in [5.41, 5.74) is 0.335. The quantitative estimate of drug-likeness (QED) is 0.844. The first-order chi connectivity index (χ1) is 10.5. The van der Waals surface area contributed by atoms with Crippen molar-refractivity contribution in [2.24, 2.45) is 0 Å². The molecule has 1 amide bonds. The van der Waals surface area contributed by atoms with Crippen LogP contribution >= 0.6 is 0 Å². The minimum Gasteiger partial charge on any atom is -0.480 e. The van der Waals surface area contributed by atoms with E-state index in [0.29, 0.717) is 0 Å². The van der Waals surface area contributed by atoms with E-state index < -0.39 is 23.5 Å². The lowest BCUT2D eigenvalue weighted by Gasteiger charge is -2.31. The lowest BCUT2D eigenvalue weighted by molar-refractivity contribution is -0.146. The van der Waals surface area contributed by atoms with Gasteiger partial charge in [-0.15, -0.1) is 0 Å². The zero-order valence-electron chi connectivity index (χ0n) is 13.0. The maximum atomic E-state index is 12.9. The van der Waals surface area contributed by atoms with E-state index in [1.54, 1.807) is 6.92 Å². The SMILES string of the molecule is COC(C)C(NC(=O)C1(c2ccccc2)CCCC1)C(=O)O. The summed E-state index contributed by atoms with van der Waals surface area (Å²) >= 11 is 0. The van der Waals surface area contributed by atoms with Gasteiger partial charge in [0.1, 0.15) is 0 Å². The van der Waals surface area contributed by atoms with Crippen LogP contribution in [-0.2, 0) is 19.7 Å². The van der Waals surface area contributed by atoms with Gasteiger partial charge in [0, 0.05) is 7.11 Å². The Hall–Kier alpha value is -1.88. The van der Waals surface area contributed by atoms with Crippen LogP contribution in [0.25, 0.3) is 0 Å². The Bertz CT molecular complexity index is 523. The standard InChI is InChI=1S/C17H23NO4/c1-12(22-2)14(15(19)20)18-16(21)17(10-6-7-11-17)13-8-4-3-5-9-13/h3-5,8-9,12,14H,6-7,10-11H2,1-2H3,(H,18,21)(H,19,20). The number of hydrogen-bond acceptors (Lipinski definition) is 3. The van der Waals surface area contributed by atoms with Gasteiger partial charge in [-0.05, 0) is 25.3 Å². The van der Waals surface area contributed by atoms with Crippen LogP contribution in [0.3, 0.4) is 0 Å². The third-order valence-corrected chi connectivity index (χ3v) is 4.61. The molecule has 1 aliphatic carbocycles. The lowest BCUT2D eigenvalue weighted by atomic mass is 9.77. The molecule has 0 heterocycles. The van der Waals surface area contributed by atoms with Crippen molar-refractivity contribution in [1.29, 1.82) is 0 Å². The number of amides is 1. The fraction of sp³-hybridized carbons (Fsp3) is 0.529.